The predicted molar refractivity (Wildman–Crippen MR) is 130 cm³/mol. The number of urea groups is 1. The van der Waals surface area contributed by atoms with Gasteiger partial charge in [0.25, 0.3) is 0 Å². The minimum absolute atomic E-state index is 0.0391. The van der Waals surface area contributed by atoms with Gasteiger partial charge < -0.3 is 10.1 Å². The van der Waals surface area contributed by atoms with E-state index in [4.69, 9.17) is 4.74 Å². The number of Topliss-reactive ketones (excluding diaryl/α,β-unsaturated/α-hetero) is 1. The van der Waals surface area contributed by atoms with Gasteiger partial charge in [0, 0.05) is 41.8 Å². The molecule has 182 valence electrons. The average Bonchev–Trinajstić information content (AvgIpc) is 2.72. The maximum atomic E-state index is 13.1. The fraction of sp³-hybridized carbons (Fsp3) is 0.375. The Bertz CT molecular complexity index is 1210. The highest BCUT2D eigenvalue weighted by atomic mass is 32.2. The SMILES string of the molecule is COc1c(CC(=O)c2ccc(NS(C)(=O)=O)cc2)cc(N2C(=O)CCNC2=O)cc1C(C)(C)C. The number of anilines is 2. The molecule has 0 atom stereocenters. The highest BCUT2D eigenvalue weighted by Gasteiger charge is 2.31. The van der Waals surface area contributed by atoms with E-state index in [2.05, 4.69) is 10.0 Å². The van der Waals surface area contributed by atoms with Gasteiger partial charge in [-0.3, -0.25) is 14.3 Å². The van der Waals surface area contributed by atoms with Gasteiger partial charge in [0.15, 0.2) is 5.78 Å². The first-order valence-electron chi connectivity index (χ1n) is 10.7. The molecule has 0 aliphatic carbocycles. The fourth-order valence-corrected chi connectivity index (χ4v) is 4.35. The number of imide groups is 1. The van der Waals surface area contributed by atoms with Gasteiger partial charge in [0.05, 0.1) is 19.1 Å². The number of nitrogens with zero attached hydrogens (tertiary/aromatic N) is 1. The lowest BCUT2D eigenvalue weighted by atomic mass is 9.83. The maximum absolute atomic E-state index is 13.1. The van der Waals surface area contributed by atoms with Crippen molar-refractivity contribution in [2.24, 2.45) is 0 Å². The van der Waals surface area contributed by atoms with E-state index in [0.717, 1.165) is 16.7 Å². The highest BCUT2D eigenvalue weighted by Crippen LogP contribution is 2.39. The number of amides is 3. The second kappa shape index (κ2) is 9.46. The summed E-state index contributed by atoms with van der Waals surface area (Å²) in [5.41, 5.74) is 2.02. The minimum Gasteiger partial charge on any atom is -0.496 e. The van der Waals surface area contributed by atoms with Crippen LogP contribution in [0, 0.1) is 0 Å². The van der Waals surface area contributed by atoms with Crippen LogP contribution in [0.2, 0.25) is 0 Å². The van der Waals surface area contributed by atoms with Crippen molar-refractivity contribution in [2.45, 2.75) is 39.0 Å². The zero-order valence-corrected chi connectivity index (χ0v) is 20.7. The number of ketones is 1. The first-order chi connectivity index (χ1) is 15.8. The number of ether oxygens (including phenoxy) is 1. The Hall–Kier alpha value is -3.40. The van der Waals surface area contributed by atoms with E-state index in [1.54, 1.807) is 24.3 Å². The van der Waals surface area contributed by atoms with Crippen molar-refractivity contribution < 1.29 is 27.5 Å². The number of hydrogen-bond acceptors (Lipinski definition) is 6. The lowest BCUT2D eigenvalue weighted by Gasteiger charge is -2.30. The first-order valence-corrected chi connectivity index (χ1v) is 12.6. The van der Waals surface area contributed by atoms with E-state index in [0.29, 0.717) is 28.3 Å². The van der Waals surface area contributed by atoms with Crippen LogP contribution in [0.5, 0.6) is 5.75 Å². The Kier molecular flexibility index (Phi) is 7.02. The second-order valence-electron chi connectivity index (χ2n) is 9.20. The summed E-state index contributed by atoms with van der Waals surface area (Å²) in [6.07, 6.45) is 1.19. The smallest absolute Gasteiger partial charge is 0.328 e. The van der Waals surface area contributed by atoms with Crippen molar-refractivity contribution in [3.05, 3.63) is 53.1 Å². The number of nitrogens with one attached hydrogen (secondary N) is 2. The van der Waals surface area contributed by atoms with Gasteiger partial charge in [-0.05, 0) is 41.8 Å². The van der Waals surface area contributed by atoms with E-state index in [1.165, 1.54) is 19.2 Å². The van der Waals surface area contributed by atoms with Crippen LogP contribution >= 0.6 is 0 Å². The molecule has 1 heterocycles. The van der Waals surface area contributed by atoms with Gasteiger partial charge in [-0.1, -0.05) is 20.8 Å². The minimum atomic E-state index is -3.43. The van der Waals surface area contributed by atoms with Gasteiger partial charge in [-0.15, -0.1) is 0 Å². The van der Waals surface area contributed by atoms with E-state index in [-0.39, 0.29) is 31.1 Å². The monoisotopic (exact) mass is 487 g/mol. The van der Waals surface area contributed by atoms with Gasteiger partial charge >= 0.3 is 6.03 Å². The van der Waals surface area contributed by atoms with Crippen LogP contribution in [0.25, 0.3) is 0 Å². The summed E-state index contributed by atoms with van der Waals surface area (Å²) >= 11 is 0. The third kappa shape index (κ3) is 5.74. The Morgan fingerprint density at radius 3 is 2.32 bits per heavy atom. The molecule has 0 saturated carbocycles. The fourth-order valence-electron chi connectivity index (χ4n) is 3.79. The predicted octanol–water partition coefficient (Wildman–Crippen LogP) is 3.24. The zero-order valence-electron chi connectivity index (χ0n) is 19.9. The molecular weight excluding hydrogens is 458 g/mol. The Morgan fingerprint density at radius 2 is 1.79 bits per heavy atom. The van der Waals surface area contributed by atoms with Crippen molar-refractivity contribution in [1.29, 1.82) is 0 Å². The third-order valence-corrected chi connectivity index (χ3v) is 5.96. The van der Waals surface area contributed by atoms with E-state index in [1.807, 2.05) is 20.8 Å². The number of benzene rings is 2. The molecule has 1 aliphatic heterocycles. The lowest BCUT2D eigenvalue weighted by molar-refractivity contribution is -0.118. The number of carbonyl (C=O) groups is 3. The molecule has 3 rings (SSSR count). The van der Waals surface area contributed by atoms with Gasteiger partial charge in [0.1, 0.15) is 5.75 Å². The molecule has 2 aromatic carbocycles. The van der Waals surface area contributed by atoms with Crippen LogP contribution in [0.1, 0.15) is 48.7 Å². The topological polar surface area (TPSA) is 122 Å². The van der Waals surface area contributed by atoms with Crippen molar-refractivity contribution in [2.75, 3.05) is 29.5 Å². The third-order valence-electron chi connectivity index (χ3n) is 5.35. The molecule has 0 unspecified atom stereocenters. The van der Waals surface area contributed by atoms with Crippen LogP contribution < -0.4 is 19.7 Å². The number of hydrogen-bond donors (Lipinski definition) is 2. The molecule has 9 nitrogen and oxygen atoms in total. The molecule has 10 heteroatoms. The normalized spacial score (nSPS) is 14.6. The molecule has 0 aromatic heterocycles. The average molecular weight is 488 g/mol. The summed E-state index contributed by atoms with van der Waals surface area (Å²) in [4.78, 5) is 39.2. The van der Waals surface area contributed by atoms with Gasteiger partial charge in [-0.25, -0.2) is 18.1 Å². The Morgan fingerprint density at radius 1 is 1.15 bits per heavy atom. The molecule has 2 N–H and O–H groups in total. The molecule has 0 bridgehead atoms. The van der Waals surface area contributed by atoms with Gasteiger partial charge in [-0.2, -0.15) is 0 Å². The maximum Gasteiger partial charge on any atom is 0.328 e. The van der Waals surface area contributed by atoms with Crippen LogP contribution in [0.15, 0.2) is 36.4 Å². The van der Waals surface area contributed by atoms with E-state index >= 15 is 0 Å². The summed E-state index contributed by atoms with van der Waals surface area (Å²) in [5.74, 6) is -0.0273. The van der Waals surface area contributed by atoms with Crippen molar-refractivity contribution >= 4 is 39.1 Å². The number of methoxy groups -OCH3 is 1. The van der Waals surface area contributed by atoms with E-state index in [9.17, 15) is 22.8 Å². The first kappa shape index (κ1) is 25.2. The van der Waals surface area contributed by atoms with Crippen molar-refractivity contribution in [1.82, 2.24) is 5.32 Å². The number of carbonyl (C=O) groups excluding carboxylic acids is 3. The molecule has 3 amide bonds. The van der Waals surface area contributed by atoms with Crippen LogP contribution in [0.4, 0.5) is 16.2 Å². The summed E-state index contributed by atoms with van der Waals surface area (Å²) < 4.78 is 30.8. The molecule has 34 heavy (non-hydrogen) atoms. The molecule has 1 aliphatic rings. The summed E-state index contributed by atoms with van der Waals surface area (Å²) in [5, 5.41) is 2.67. The second-order valence-corrected chi connectivity index (χ2v) is 10.9. The summed E-state index contributed by atoms with van der Waals surface area (Å²) in [6.45, 7) is 6.22. The Labute approximate surface area is 199 Å². The van der Waals surface area contributed by atoms with Crippen LogP contribution in [0.3, 0.4) is 0 Å². The molecule has 2 aromatic rings. The van der Waals surface area contributed by atoms with Gasteiger partial charge in [0.2, 0.25) is 15.9 Å². The van der Waals surface area contributed by atoms with E-state index < -0.39 is 21.5 Å². The molecular formula is C24H29N3O6S. The Balaban J connectivity index is 2.01. The summed E-state index contributed by atoms with van der Waals surface area (Å²) in [6, 6.07) is 8.98. The molecule has 0 spiro atoms. The lowest BCUT2D eigenvalue weighted by Crippen LogP contribution is -2.50. The number of sulfonamides is 1. The van der Waals surface area contributed by atoms with Crippen LogP contribution in [-0.4, -0.2) is 46.0 Å². The largest absolute Gasteiger partial charge is 0.496 e. The van der Waals surface area contributed by atoms with Crippen molar-refractivity contribution in [3.63, 3.8) is 0 Å². The molecule has 1 saturated heterocycles. The quantitative estimate of drug-likeness (QED) is 0.578. The highest BCUT2D eigenvalue weighted by molar-refractivity contribution is 7.92. The number of rotatable bonds is 7. The molecule has 1 fully saturated rings. The summed E-state index contributed by atoms with van der Waals surface area (Å²) in [7, 11) is -1.91. The van der Waals surface area contributed by atoms with Crippen LogP contribution in [-0.2, 0) is 26.7 Å². The van der Waals surface area contributed by atoms with Crippen molar-refractivity contribution in [3.8, 4) is 5.75 Å². The zero-order chi connectivity index (χ0) is 25.3. The standard InChI is InChI=1S/C24H29N3O6S/c1-24(2,3)19-14-18(27-21(29)10-11-25-23(27)30)12-16(22(19)33-4)13-20(28)15-6-8-17(9-7-15)26-34(5,31)32/h6-9,12,14,26H,10-11,13H2,1-5H3,(H,25,30). The molecule has 0 radical (unpaired) electrons.